The number of hydrogen-bond acceptors (Lipinski definition) is 4. The van der Waals surface area contributed by atoms with Gasteiger partial charge in [-0.15, -0.1) is 0 Å². The summed E-state index contributed by atoms with van der Waals surface area (Å²) in [6.45, 7) is 2.91. The maximum absolute atomic E-state index is 12.8. The molecule has 0 amide bonds. The molecule has 1 aromatic heterocycles. The summed E-state index contributed by atoms with van der Waals surface area (Å²) in [7, 11) is 0. The van der Waals surface area contributed by atoms with Crippen LogP contribution in [0.3, 0.4) is 0 Å². The van der Waals surface area contributed by atoms with Crippen LogP contribution in [0.1, 0.15) is 12.5 Å². The van der Waals surface area contributed by atoms with Gasteiger partial charge in [0.05, 0.1) is 19.3 Å². The molecule has 0 aliphatic carbocycles. The third-order valence-electron chi connectivity index (χ3n) is 4.44. The SMILES string of the molecule is CCOc1ccc(Oc2ccnn(Cc3cccc4ccccc34)c2=O)cc1. The molecule has 0 atom stereocenters. The summed E-state index contributed by atoms with van der Waals surface area (Å²) in [4.78, 5) is 12.8. The molecule has 4 rings (SSSR count). The van der Waals surface area contributed by atoms with E-state index in [2.05, 4.69) is 23.3 Å². The second kappa shape index (κ2) is 7.96. The molecule has 140 valence electrons. The predicted molar refractivity (Wildman–Crippen MR) is 109 cm³/mol. The fourth-order valence-corrected chi connectivity index (χ4v) is 3.11. The van der Waals surface area contributed by atoms with Crippen LogP contribution in [0.4, 0.5) is 0 Å². The lowest BCUT2D eigenvalue weighted by Crippen LogP contribution is -2.24. The molecule has 4 aromatic rings. The first-order valence-electron chi connectivity index (χ1n) is 9.18. The van der Waals surface area contributed by atoms with Crippen molar-refractivity contribution in [2.45, 2.75) is 13.5 Å². The van der Waals surface area contributed by atoms with Crippen LogP contribution in [-0.2, 0) is 6.54 Å². The minimum atomic E-state index is -0.274. The van der Waals surface area contributed by atoms with Crippen molar-refractivity contribution in [3.05, 3.63) is 94.9 Å². The molecule has 0 N–H and O–H groups in total. The maximum Gasteiger partial charge on any atom is 0.310 e. The monoisotopic (exact) mass is 372 g/mol. The van der Waals surface area contributed by atoms with E-state index < -0.39 is 0 Å². The summed E-state index contributed by atoms with van der Waals surface area (Å²) in [6.07, 6.45) is 1.58. The normalized spacial score (nSPS) is 10.8. The van der Waals surface area contributed by atoms with Crippen LogP contribution in [0.25, 0.3) is 10.8 Å². The standard InChI is InChI=1S/C23H20N2O3/c1-2-27-19-10-12-20(13-11-19)28-22-14-15-24-25(23(22)26)16-18-8-5-7-17-6-3-4-9-21(17)18/h3-15H,2,16H2,1H3. The fraction of sp³-hybridized carbons (Fsp3) is 0.130. The van der Waals surface area contributed by atoms with Gasteiger partial charge in [-0.2, -0.15) is 5.10 Å². The summed E-state index contributed by atoms with van der Waals surface area (Å²) in [6, 6.07) is 22.9. The second-order valence-corrected chi connectivity index (χ2v) is 6.30. The van der Waals surface area contributed by atoms with Crippen LogP contribution in [-0.4, -0.2) is 16.4 Å². The molecule has 28 heavy (non-hydrogen) atoms. The van der Waals surface area contributed by atoms with E-state index in [9.17, 15) is 4.79 Å². The molecule has 0 bridgehead atoms. The van der Waals surface area contributed by atoms with E-state index in [0.717, 1.165) is 22.1 Å². The number of fused-ring (bicyclic) bond motifs is 1. The van der Waals surface area contributed by atoms with Gasteiger partial charge in [0.25, 0.3) is 0 Å². The van der Waals surface area contributed by atoms with Crippen LogP contribution in [0.2, 0.25) is 0 Å². The van der Waals surface area contributed by atoms with Crippen molar-refractivity contribution >= 4 is 10.8 Å². The predicted octanol–water partition coefficient (Wildman–Crippen LogP) is 4.64. The van der Waals surface area contributed by atoms with Crippen molar-refractivity contribution in [1.82, 2.24) is 9.78 Å². The topological polar surface area (TPSA) is 53.4 Å². The summed E-state index contributed by atoms with van der Waals surface area (Å²) in [5.41, 5.74) is 0.759. The Bertz CT molecular complexity index is 1150. The molecule has 0 unspecified atom stereocenters. The van der Waals surface area contributed by atoms with Gasteiger partial charge in [0.1, 0.15) is 11.5 Å². The smallest absolute Gasteiger partial charge is 0.310 e. The molecule has 5 nitrogen and oxygen atoms in total. The largest absolute Gasteiger partial charge is 0.494 e. The number of aromatic nitrogens is 2. The highest BCUT2D eigenvalue weighted by Gasteiger charge is 2.09. The zero-order valence-electron chi connectivity index (χ0n) is 15.5. The molecule has 0 spiro atoms. The van der Waals surface area contributed by atoms with Crippen molar-refractivity contribution in [2.75, 3.05) is 6.61 Å². The van der Waals surface area contributed by atoms with Crippen LogP contribution >= 0.6 is 0 Å². The highest BCUT2D eigenvalue weighted by atomic mass is 16.5. The molecule has 1 heterocycles. The zero-order valence-corrected chi connectivity index (χ0v) is 15.5. The van der Waals surface area contributed by atoms with Crippen LogP contribution in [0.15, 0.2) is 83.8 Å². The van der Waals surface area contributed by atoms with Crippen molar-refractivity contribution in [2.24, 2.45) is 0 Å². The Morgan fingerprint density at radius 3 is 2.46 bits per heavy atom. The minimum Gasteiger partial charge on any atom is -0.494 e. The lowest BCUT2D eigenvalue weighted by atomic mass is 10.0. The molecular formula is C23H20N2O3. The zero-order chi connectivity index (χ0) is 19.3. The molecule has 0 saturated carbocycles. The molecule has 3 aromatic carbocycles. The number of nitrogens with zero attached hydrogens (tertiary/aromatic N) is 2. The first-order valence-corrected chi connectivity index (χ1v) is 9.18. The maximum atomic E-state index is 12.8. The van der Waals surface area contributed by atoms with Gasteiger partial charge in [-0.05, 0) is 47.5 Å². The Morgan fingerprint density at radius 2 is 1.64 bits per heavy atom. The Morgan fingerprint density at radius 1 is 0.893 bits per heavy atom. The van der Waals surface area contributed by atoms with Gasteiger partial charge in [0.15, 0.2) is 5.75 Å². The molecule has 0 saturated heterocycles. The van der Waals surface area contributed by atoms with Crippen molar-refractivity contribution in [3.8, 4) is 17.2 Å². The van der Waals surface area contributed by atoms with Gasteiger partial charge in [-0.3, -0.25) is 4.79 Å². The van der Waals surface area contributed by atoms with Crippen LogP contribution < -0.4 is 15.0 Å². The van der Waals surface area contributed by atoms with E-state index in [0.29, 0.717) is 18.9 Å². The summed E-state index contributed by atoms with van der Waals surface area (Å²) >= 11 is 0. The quantitative estimate of drug-likeness (QED) is 0.495. The molecule has 0 radical (unpaired) electrons. The lowest BCUT2D eigenvalue weighted by Gasteiger charge is -2.10. The molecule has 0 aliphatic rings. The highest BCUT2D eigenvalue weighted by molar-refractivity contribution is 5.85. The minimum absolute atomic E-state index is 0.236. The van der Waals surface area contributed by atoms with E-state index >= 15 is 0 Å². The van der Waals surface area contributed by atoms with Crippen molar-refractivity contribution in [1.29, 1.82) is 0 Å². The molecular weight excluding hydrogens is 352 g/mol. The van der Waals surface area contributed by atoms with Gasteiger partial charge >= 0.3 is 5.56 Å². The second-order valence-electron chi connectivity index (χ2n) is 6.30. The Labute approximate surface area is 162 Å². The third kappa shape index (κ3) is 3.74. The molecule has 0 fully saturated rings. The van der Waals surface area contributed by atoms with E-state index in [1.54, 1.807) is 24.4 Å². The Kier molecular flexibility index (Phi) is 5.06. The average Bonchev–Trinajstić information content (AvgIpc) is 2.73. The van der Waals surface area contributed by atoms with Gasteiger partial charge in [0, 0.05) is 6.07 Å². The Hall–Kier alpha value is -3.60. The van der Waals surface area contributed by atoms with Gasteiger partial charge in [-0.25, -0.2) is 4.68 Å². The fourth-order valence-electron chi connectivity index (χ4n) is 3.11. The van der Waals surface area contributed by atoms with E-state index in [4.69, 9.17) is 9.47 Å². The molecule has 0 aliphatic heterocycles. The Balaban J connectivity index is 1.61. The first kappa shape index (κ1) is 17.8. The van der Waals surface area contributed by atoms with Crippen LogP contribution in [0.5, 0.6) is 17.2 Å². The average molecular weight is 372 g/mol. The van der Waals surface area contributed by atoms with E-state index in [-0.39, 0.29) is 11.3 Å². The summed E-state index contributed by atoms with van der Waals surface area (Å²) in [5.74, 6) is 1.57. The van der Waals surface area contributed by atoms with E-state index in [1.807, 2.05) is 43.3 Å². The third-order valence-corrected chi connectivity index (χ3v) is 4.44. The summed E-state index contributed by atoms with van der Waals surface area (Å²) in [5, 5.41) is 6.47. The number of rotatable bonds is 6. The number of benzene rings is 3. The van der Waals surface area contributed by atoms with E-state index in [1.165, 1.54) is 4.68 Å². The van der Waals surface area contributed by atoms with Gasteiger partial charge < -0.3 is 9.47 Å². The van der Waals surface area contributed by atoms with Gasteiger partial charge in [0.2, 0.25) is 0 Å². The van der Waals surface area contributed by atoms with Gasteiger partial charge in [-0.1, -0.05) is 42.5 Å². The summed E-state index contributed by atoms with van der Waals surface area (Å²) < 4.78 is 12.6. The lowest BCUT2D eigenvalue weighted by molar-refractivity contribution is 0.339. The number of ether oxygens (including phenoxy) is 2. The molecule has 5 heteroatoms. The van der Waals surface area contributed by atoms with Crippen molar-refractivity contribution < 1.29 is 9.47 Å². The first-order chi connectivity index (χ1) is 13.7. The van der Waals surface area contributed by atoms with Crippen LogP contribution in [0, 0.1) is 0 Å². The van der Waals surface area contributed by atoms with Crippen molar-refractivity contribution in [3.63, 3.8) is 0 Å². The number of hydrogen-bond donors (Lipinski definition) is 0. The highest BCUT2D eigenvalue weighted by Crippen LogP contribution is 2.22.